The quantitative estimate of drug-likeness (QED) is 0.405. The number of aliphatic hydroxyl groups is 1. The van der Waals surface area contributed by atoms with Crippen molar-refractivity contribution in [3.63, 3.8) is 0 Å². The van der Waals surface area contributed by atoms with E-state index >= 15 is 0 Å². The van der Waals surface area contributed by atoms with Crippen LogP contribution in [0.15, 0.2) is 43.5 Å². The van der Waals surface area contributed by atoms with E-state index in [1.54, 1.807) is 17.9 Å². The van der Waals surface area contributed by atoms with E-state index in [-0.39, 0.29) is 37.5 Å². The normalized spacial score (nSPS) is 32.7. The topological polar surface area (TPSA) is 96.4 Å². The molecule has 4 rings (SSSR count). The number of hydrogen-bond donors (Lipinski definition) is 1. The molecule has 0 radical (unpaired) electrons. The van der Waals surface area contributed by atoms with E-state index in [1.165, 1.54) is 11.0 Å². The number of fused-ring (bicyclic) bond motifs is 1. The smallest absolute Gasteiger partial charge is 0.313 e. The van der Waals surface area contributed by atoms with Crippen LogP contribution in [0.4, 0.5) is 5.69 Å². The van der Waals surface area contributed by atoms with Crippen molar-refractivity contribution < 1.29 is 29.0 Å². The Balaban J connectivity index is 1.88. The molecule has 3 aliphatic rings. The first-order valence-corrected chi connectivity index (χ1v) is 12.9. The number of amides is 2. The molecule has 37 heavy (non-hydrogen) atoms. The van der Waals surface area contributed by atoms with E-state index in [0.29, 0.717) is 6.42 Å². The van der Waals surface area contributed by atoms with Crippen molar-refractivity contribution >= 4 is 23.5 Å². The number of esters is 1. The first-order valence-electron chi connectivity index (χ1n) is 12.9. The van der Waals surface area contributed by atoms with Crippen LogP contribution in [-0.2, 0) is 23.9 Å². The average Bonchev–Trinajstić information content (AvgIpc) is 3.37. The number of hydrogen-bond acceptors (Lipinski definition) is 6. The van der Waals surface area contributed by atoms with Crippen LogP contribution >= 0.6 is 0 Å². The number of carbonyl (C=O) groups excluding carboxylic acids is 3. The Morgan fingerprint density at radius 1 is 1.30 bits per heavy atom. The Morgan fingerprint density at radius 3 is 2.51 bits per heavy atom. The van der Waals surface area contributed by atoms with Gasteiger partial charge in [0.25, 0.3) is 5.91 Å². The van der Waals surface area contributed by atoms with Crippen molar-refractivity contribution in [2.75, 3.05) is 24.7 Å². The van der Waals surface area contributed by atoms with Gasteiger partial charge in [-0.1, -0.05) is 43.9 Å². The Morgan fingerprint density at radius 2 is 1.95 bits per heavy atom. The molecule has 7 atom stereocenters. The van der Waals surface area contributed by atoms with Crippen LogP contribution in [0, 0.1) is 31.6 Å². The first kappa shape index (κ1) is 27.1. The minimum Gasteiger partial charge on any atom is -0.461 e. The lowest BCUT2D eigenvalue weighted by atomic mass is 9.62. The van der Waals surface area contributed by atoms with Gasteiger partial charge in [-0.2, -0.15) is 0 Å². The molecule has 3 heterocycles. The van der Waals surface area contributed by atoms with Crippen molar-refractivity contribution in [3.8, 4) is 0 Å². The molecule has 1 N–H and O–H groups in total. The molecule has 0 aliphatic carbocycles. The van der Waals surface area contributed by atoms with Gasteiger partial charge >= 0.3 is 5.97 Å². The number of ether oxygens (including phenoxy) is 2. The van der Waals surface area contributed by atoms with Gasteiger partial charge in [-0.3, -0.25) is 14.4 Å². The zero-order valence-corrected chi connectivity index (χ0v) is 22.4. The summed E-state index contributed by atoms with van der Waals surface area (Å²) in [6.45, 7) is 16.8. The minimum absolute atomic E-state index is 0.0203. The minimum atomic E-state index is -1.22. The lowest BCUT2D eigenvalue weighted by molar-refractivity contribution is -0.161. The number of rotatable bonds is 9. The zero-order valence-electron chi connectivity index (χ0n) is 22.4. The molecular weight excluding hydrogens is 472 g/mol. The number of likely N-dealkylation sites (tertiary alicyclic amines) is 1. The fraction of sp³-hybridized carbons (Fsp3) is 0.552. The average molecular weight is 511 g/mol. The summed E-state index contributed by atoms with van der Waals surface area (Å²) in [7, 11) is 0. The van der Waals surface area contributed by atoms with Gasteiger partial charge in [0, 0.05) is 12.2 Å². The number of benzene rings is 1. The summed E-state index contributed by atoms with van der Waals surface area (Å²) in [5.74, 6) is -3.08. The predicted molar refractivity (Wildman–Crippen MR) is 140 cm³/mol. The van der Waals surface area contributed by atoms with Gasteiger partial charge in [0.05, 0.1) is 24.2 Å². The molecule has 1 aromatic rings. The Labute approximate surface area is 218 Å². The highest BCUT2D eigenvalue weighted by atomic mass is 16.6. The number of para-hydroxylation sites is 1. The second kappa shape index (κ2) is 9.72. The molecule has 3 unspecified atom stereocenters. The van der Waals surface area contributed by atoms with Gasteiger partial charge in [0.1, 0.15) is 24.2 Å². The predicted octanol–water partition coefficient (Wildman–Crippen LogP) is 2.94. The first-order chi connectivity index (χ1) is 17.5. The van der Waals surface area contributed by atoms with Crippen molar-refractivity contribution in [2.24, 2.45) is 17.8 Å². The van der Waals surface area contributed by atoms with E-state index in [0.717, 1.165) is 16.8 Å². The van der Waals surface area contributed by atoms with Crippen molar-refractivity contribution in [2.45, 2.75) is 64.3 Å². The molecule has 2 bridgehead atoms. The summed E-state index contributed by atoms with van der Waals surface area (Å²) in [4.78, 5) is 45.1. The van der Waals surface area contributed by atoms with E-state index in [1.807, 2.05) is 45.9 Å². The zero-order chi connectivity index (χ0) is 27.3. The van der Waals surface area contributed by atoms with Crippen molar-refractivity contribution in [1.82, 2.24) is 4.90 Å². The Kier molecular flexibility index (Phi) is 7.12. The third-order valence-electron chi connectivity index (χ3n) is 8.61. The molecule has 3 saturated heterocycles. The maximum atomic E-state index is 14.6. The summed E-state index contributed by atoms with van der Waals surface area (Å²) in [5, 5.41) is 10.1. The molecular formula is C29H38N2O6. The summed E-state index contributed by atoms with van der Waals surface area (Å²) in [6.07, 6.45) is 3.57. The highest BCUT2D eigenvalue weighted by Gasteiger charge is 2.80. The fourth-order valence-corrected chi connectivity index (χ4v) is 6.91. The SMILES string of the molecule is C=CCOC(=O)[C@@H]1[C@H]2C(=O)N([C@H](C)CO)C(C(=O)N(CC=C)c3c(C)cccc3C)C23CC(C)[C@@]1(C)O3. The van der Waals surface area contributed by atoms with Crippen molar-refractivity contribution in [3.05, 3.63) is 54.6 Å². The van der Waals surface area contributed by atoms with Crippen LogP contribution in [0.1, 0.15) is 38.3 Å². The number of aryl methyl sites for hydroxylation is 2. The number of nitrogens with zero attached hydrogens (tertiary/aromatic N) is 2. The maximum absolute atomic E-state index is 14.6. The van der Waals surface area contributed by atoms with Gasteiger partial charge in [0.15, 0.2) is 0 Å². The molecule has 1 aromatic carbocycles. The van der Waals surface area contributed by atoms with Gasteiger partial charge in [-0.05, 0) is 51.2 Å². The highest BCUT2D eigenvalue weighted by Crippen LogP contribution is 2.65. The summed E-state index contributed by atoms with van der Waals surface area (Å²) >= 11 is 0. The fourth-order valence-electron chi connectivity index (χ4n) is 6.91. The van der Waals surface area contributed by atoms with E-state index < -0.39 is 41.1 Å². The molecule has 3 fully saturated rings. The van der Waals surface area contributed by atoms with Crippen LogP contribution in [-0.4, -0.2) is 70.8 Å². The third-order valence-corrected chi connectivity index (χ3v) is 8.61. The largest absolute Gasteiger partial charge is 0.461 e. The standard InChI is InChI=1S/C29H38N2O6/c1-8-13-30(23-17(3)11-10-12-18(23)4)26(34)24-29-15-19(5)28(7,37-29)22(27(35)36-14-9-2)21(29)25(33)31(24)20(6)16-32/h8-12,19-22,24,32H,1-2,13-16H2,3-7H3/t19?,20-,21+,22+,24?,28-,29?/m1/s1. The van der Waals surface area contributed by atoms with Crippen LogP contribution < -0.4 is 4.90 Å². The van der Waals surface area contributed by atoms with Crippen LogP contribution in [0.25, 0.3) is 0 Å². The molecule has 2 amide bonds. The molecule has 8 nitrogen and oxygen atoms in total. The Bertz CT molecular complexity index is 1110. The molecule has 200 valence electrons. The lowest BCUT2D eigenvalue weighted by Crippen LogP contribution is -2.59. The second-order valence-corrected chi connectivity index (χ2v) is 10.9. The molecule has 0 saturated carbocycles. The molecule has 1 spiro atoms. The lowest BCUT2D eigenvalue weighted by Gasteiger charge is -2.39. The van der Waals surface area contributed by atoms with Gasteiger partial charge in [0.2, 0.25) is 5.91 Å². The van der Waals surface area contributed by atoms with E-state index in [4.69, 9.17) is 9.47 Å². The summed E-state index contributed by atoms with van der Waals surface area (Å²) < 4.78 is 12.1. The van der Waals surface area contributed by atoms with Crippen LogP contribution in [0.3, 0.4) is 0 Å². The van der Waals surface area contributed by atoms with Crippen LogP contribution in [0.5, 0.6) is 0 Å². The van der Waals surface area contributed by atoms with Gasteiger partial charge in [-0.25, -0.2) is 0 Å². The third kappa shape index (κ3) is 3.84. The van der Waals surface area contributed by atoms with E-state index in [9.17, 15) is 19.5 Å². The summed E-state index contributed by atoms with van der Waals surface area (Å²) in [5.41, 5.74) is 0.397. The van der Waals surface area contributed by atoms with E-state index in [2.05, 4.69) is 13.2 Å². The maximum Gasteiger partial charge on any atom is 0.313 e. The van der Waals surface area contributed by atoms with Crippen molar-refractivity contribution in [1.29, 1.82) is 0 Å². The highest BCUT2D eigenvalue weighted by molar-refractivity contribution is 6.05. The number of carbonyl (C=O) groups is 3. The van der Waals surface area contributed by atoms with Gasteiger partial charge < -0.3 is 24.4 Å². The van der Waals surface area contributed by atoms with Crippen LogP contribution in [0.2, 0.25) is 0 Å². The molecule has 8 heteroatoms. The second-order valence-electron chi connectivity index (χ2n) is 10.9. The Hall–Kier alpha value is -2.97. The monoisotopic (exact) mass is 510 g/mol. The summed E-state index contributed by atoms with van der Waals surface area (Å²) in [6, 6.07) is 4.14. The number of aliphatic hydroxyl groups excluding tert-OH is 1. The van der Waals surface area contributed by atoms with Gasteiger partial charge in [-0.15, -0.1) is 6.58 Å². The molecule has 3 aliphatic heterocycles. The number of anilines is 1. The molecule has 0 aromatic heterocycles.